The van der Waals surface area contributed by atoms with E-state index in [1.807, 2.05) is 43.6 Å². The third-order valence-electron chi connectivity index (χ3n) is 4.63. The maximum absolute atomic E-state index is 4.69. The second-order valence-electron chi connectivity index (χ2n) is 6.76. The normalized spacial score (nSPS) is 14.9. The molecule has 9 heteroatoms. The van der Waals surface area contributed by atoms with Crippen LogP contribution in [-0.4, -0.2) is 69.8 Å². The largest absolute Gasteiger partial charge is 0.363 e. The van der Waals surface area contributed by atoms with Crippen molar-refractivity contribution in [2.75, 3.05) is 55.0 Å². The number of rotatable bonds is 3. The highest BCUT2D eigenvalue weighted by atomic mass is 15.3. The molecule has 0 radical (unpaired) electrons. The Bertz CT molecular complexity index is 925. The summed E-state index contributed by atoms with van der Waals surface area (Å²) in [5, 5.41) is 0. The lowest BCUT2D eigenvalue weighted by Gasteiger charge is -2.35. The molecule has 0 saturated carbocycles. The molecule has 0 aliphatic carbocycles. The second kappa shape index (κ2) is 6.40. The van der Waals surface area contributed by atoms with E-state index < -0.39 is 0 Å². The Hall–Kier alpha value is -2.97. The smallest absolute Gasteiger partial charge is 0.227 e. The first-order valence-corrected chi connectivity index (χ1v) is 8.68. The molecule has 3 aromatic heterocycles. The van der Waals surface area contributed by atoms with Crippen LogP contribution in [0.15, 0.2) is 18.7 Å². The van der Waals surface area contributed by atoms with Gasteiger partial charge in [-0.3, -0.25) is 0 Å². The molecule has 0 N–H and O–H groups in total. The van der Waals surface area contributed by atoms with E-state index in [2.05, 4.69) is 34.7 Å². The topological polar surface area (TPSA) is 79.1 Å². The number of piperazine rings is 1. The minimum absolute atomic E-state index is 0.791. The van der Waals surface area contributed by atoms with Crippen LogP contribution in [0.25, 0.3) is 11.2 Å². The maximum Gasteiger partial charge on any atom is 0.227 e. The summed E-state index contributed by atoms with van der Waals surface area (Å²) >= 11 is 0. The molecule has 4 heterocycles. The number of hydrogen-bond donors (Lipinski definition) is 0. The average molecular weight is 353 g/mol. The van der Waals surface area contributed by atoms with Gasteiger partial charge in [0.1, 0.15) is 12.1 Å². The minimum Gasteiger partial charge on any atom is -0.363 e. The Morgan fingerprint density at radius 3 is 2.42 bits per heavy atom. The van der Waals surface area contributed by atoms with Crippen molar-refractivity contribution < 1.29 is 0 Å². The lowest BCUT2D eigenvalue weighted by molar-refractivity contribution is 0.634. The molecule has 4 rings (SSSR count). The van der Waals surface area contributed by atoms with Crippen LogP contribution in [-0.2, 0) is 7.05 Å². The summed E-state index contributed by atoms with van der Waals surface area (Å²) in [6, 6.07) is 2.00. The average Bonchev–Trinajstić information content (AvgIpc) is 3.03. The fourth-order valence-electron chi connectivity index (χ4n) is 3.19. The SMILES string of the molecule is Cc1cc(N(C)C)nc(N2CCN(c3ncnc4c3ncn4C)CC2)n1. The standard InChI is InChI=1S/C17H23N9/c1-12-9-13(23(2)3)22-17(21-12)26-7-5-25(6-8-26)16-14-15(18-10-19-16)24(4)11-20-14/h9-11H,5-8H2,1-4H3. The van der Waals surface area contributed by atoms with Crippen LogP contribution in [0.3, 0.4) is 0 Å². The molecule has 9 nitrogen and oxygen atoms in total. The number of fused-ring (bicyclic) bond motifs is 1. The van der Waals surface area contributed by atoms with E-state index in [1.165, 1.54) is 0 Å². The van der Waals surface area contributed by atoms with Gasteiger partial charge in [-0.2, -0.15) is 4.98 Å². The van der Waals surface area contributed by atoms with Crippen LogP contribution in [0.5, 0.6) is 0 Å². The molecule has 136 valence electrons. The predicted molar refractivity (Wildman–Crippen MR) is 102 cm³/mol. The van der Waals surface area contributed by atoms with Crippen molar-refractivity contribution in [3.8, 4) is 0 Å². The number of aromatic nitrogens is 6. The van der Waals surface area contributed by atoms with E-state index in [-0.39, 0.29) is 0 Å². The van der Waals surface area contributed by atoms with Crippen LogP contribution < -0.4 is 14.7 Å². The first-order valence-electron chi connectivity index (χ1n) is 8.68. The van der Waals surface area contributed by atoms with Gasteiger partial charge in [0.15, 0.2) is 17.0 Å². The monoisotopic (exact) mass is 353 g/mol. The first-order chi connectivity index (χ1) is 12.5. The van der Waals surface area contributed by atoms with E-state index in [0.717, 1.165) is 60.6 Å². The molecule has 0 spiro atoms. The Morgan fingerprint density at radius 2 is 1.69 bits per heavy atom. The van der Waals surface area contributed by atoms with Crippen LogP contribution >= 0.6 is 0 Å². The zero-order valence-electron chi connectivity index (χ0n) is 15.6. The van der Waals surface area contributed by atoms with Crippen LogP contribution in [0.2, 0.25) is 0 Å². The number of anilines is 3. The Morgan fingerprint density at radius 1 is 0.962 bits per heavy atom. The highest BCUT2D eigenvalue weighted by Gasteiger charge is 2.23. The van der Waals surface area contributed by atoms with Gasteiger partial charge in [-0.25, -0.2) is 19.9 Å². The highest BCUT2D eigenvalue weighted by molar-refractivity contribution is 5.83. The molecular formula is C17H23N9. The summed E-state index contributed by atoms with van der Waals surface area (Å²) in [6.45, 7) is 5.38. The molecule has 3 aromatic rings. The number of hydrogen-bond acceptors (Lipinski definition) is 8. The van der Waals surface area contributed by atoms with E-state index in [9.17, 15) is 0 Å². The van der Waals surface area contributed by atoms with Crippen molar-refractivity contribution >= 4 is 28.7 Å². The molecule has 1 saturated heterocycles. The highest BCUT2D eigenvalue weighted by Crippen LogP contribution is 2.23. The third kappa shape index (κ3) is 2.89. The molecule has 0 amide bonds. The van der Waals surface area contributed by atoms with Crippen LogP contribution in [0.1, 0.15) is 5.69 Å². The van der Waals surface area contributed by atoms with E-state index in [0.29, 0.717) is 0 Å². The first kappa shape index (κ1) is 16.5. The zero-order valence-corrected chi connectivity index (χ0v) is 15.6. The lowest BCUT2D eigenvalue weighted by atomic mass is 10.3. The van der Waals surface area contributed by atoms with E-state index in [1.54, 1.807) is 12.7 Å². The third-order valence-corrected chi connectivity index (χ3v) is 4.63. The molecular weight excluding hydrogens is 330 g/mol. The Labute approximate surface area is 152 Å². The maximum atomic E-state index is 4.69. The molecule has 0 atom stereocenters. The minimum atomic E-state index is 0.791. The summed E-state index contributed by atoms with van der Waals surface area (Å²) in [6.07, 6.45) is 3.39. The predicted octanol–water partition coefficient (Wildman–Crippen LogP) is 0.854. The second-order valence-corrected chi connectivity index (χ2v) is 6.76. The molecule has 1 aliphatic rings. The summed E-state index contributed by atoms with van der Waals surface area (Å²) < 4.78 is 1.92. The summed E-state index contributed by atoms with van der Waals surface area (Å²) in [5.74, 6) is 2.62. The number of aryl methyl sites for hydroxylation is 2. The molecule has 0 bridgehead atoms. The van der Waals surface area contributed by atoms with Gasteiger partial charge in [-0.05, 0) is 6.92 Å². The summed E-state index contributed by atoms with van der Waals surface area (Å²) in [7, 11) is 5.94. The Kier molecular flexibility index (Phi) is 4.06. The quantitative estimate of drug-likeness (QED) is 0.686. The van der Waals surface area contributed by atoms with E-state index >= 15 is 0 Å². The van der Waals surface area contributed by atoms with Crippen molar-refractivity contribution in [2.24, 2.45) is 7.05 Å². The van der Waals surface area contributed by atoms with Gasteiger partial charge in [-0.1, -0.05) is 0 Å². The van der Waals surface area contributed by atoms with Gasteiger partial charge in [0.25, 0.3) is 0 Å². The van der Waals surface area contributed by atoms with Gasteiger partial charge < -0.3 is 19.3 Å². The van der Waals surface area contributed by atoms with Crippen molar-refractivity contribution in [2.45, 2.75) is 6.92 Å². The lowest BCUT2D eigenvalue weighted by Crippen LogP contribution is -2.47. The van der Waals surface area contributed by atoms with Gasteiger partial charge in [0.05, 0.1) is 6.33 Å². The fourth-order valence-corrected chi connectivity index (χ4v) is 3.19. The molecule has 1 aliphatic heterocycles. The number of nitrogens with zero attached hydrogens (tertiary/aromatic N) is 9. The van der Waals surface area contributed by atoms with Gasteiger partial charge >= 0.3 is 0 Å². The van der Waals surface area contributed by atoms with Gasteiger partial charge in [-0.15, -0.1) is 0 Å². The van der Waals surface area contributed by atoms with E-state index in [4.69, 9.17) is 0 Å². The molecule has 0 aromatic carbocycles. The van der Waals surface area contributed by atoms with Crippen molar-refractivity contribution in [3.05, 3.63) is 24.4 Å². The molecule has 0 unspecified atom stereocenters. The van der Waals surface area contributed by atoms with Gasteiger partial charge in [0.2, 0.25) is 5.95 Å². The van der Waals surface area contributed by atoms with Gasteiger partial charge in [0, 0.05) is 59.1 Å². The fraction of sp³-hybridized carbons (Fsp3) is 0.471. The van der Waals surface area contributed by atoms with Crippen LogP contribution in [0, 0.1) is 6.92 Å². The van der Waals surface area contributed by atoms with Crippen molar-refractivity contribution in [1.82, 2.24) is 29.5 Å². The number of imidazole rings is 1. The summed E-state index contributed by atoms with van der Waals surface area (Å²) in [5.41, 5.74) is 2.69. The molecule has 26 heavy (non-hydrogen) atoms. The van der Waals surface area contributed by atoms with Crippen molar-refractivity contribution in [1.29, 1.82) is 0 Å². The summed E-state index contributed by atoms with van der Waals surface area (Å²) in [4.78, 5) is 29.1. The molecule has 1 fully saturated rings. The Balaban J connectivity index is 1.54. The van der Waals surface area contributed by atoms with Crippen LogP contribution in [0.4, 0.5) is 17.6 Å². The van der Waals surface area contributed by atoms with Crippen molar-refractivity contribution in [3.63, 3.8) is 0 Å². The zero-order chi connectivity index (χ0) is 18.3.